The van der Waals surface area contributed by atoms with Gasteiger partial charge in [0, 0.05) is 5.69 Å². The second kappa shape index (κ2) is 6.28. The highest BCUT2D eigenvalue weighted by atomic mass is 32.2. The summed E-state index contributed by atoms with van der Waals surface area (Å²) in [5.41, 5.74) is 0.657. The minimum atomic E-state index is -3.97. The van der Waals surface area contributed by atoms with Crippen LogP contribution in [0.1, 0.15) is 36.3 Å². The summed E-state index contributed by atoms with van der Waals surface area (Å²) in [5, 5.41) is -0.201. The minimum absolute atomic E-state index is 0.0103. The summed E-state index contributed by atoms with van der Waals surface area (Å²) >= 11 is 0. The van der Waals surface area contributed by atoms with Crippen LogP contribution in [0, 0.1) is 18.8 Å². The van der Waals surface area contributed by atoms with Crippen LogP contribution in [0.5, 0.6) is 0 Å². The molecule has 3 saturated carbocycles. The molecule has 3 aromatic rings. The molecule has 1 atom stereocenters. The molecule has 6 rings (SSSR count). The fourth-order valence-electron chi connectivity index (χ4n) is 4.67. The van der Waals surface area contributed by atoms with Gasteiger partial charge in [0.15, 0.2) is 10.7 Å². The van der Waals surface area contributed by atoms with Crippen LogP contribution in [0.15, 0.2) is 44.9 Å². The van der Waals surface area contributed by atoms with E-state index in [-0.39, 0.29) is 16.2 Å². The summed E-state index contributed by atoms with van der Waals surface area (Å²) in [5.74, 6) is 2.24. The third kappa shape index (κ3) is 3.05. The first-order chi connectivity index (χ1) is 13.8. The van der Waals surface area contributed by atoms with Crippen molar-refractivity contribution in [3.8, 4) is 0 Å². The van der Waals surface area contributed by atoms with E-state index in [1.54, 1.807) is 19.1 Å². The van der Waals surface area contributed by atoms with Crippen molar-refractivity contribution in [2.45, 2.75) is 37.1 Å². The average molecular weight is 412 g/mol. The van der Waals surface area contributed by atoms with E-state index in [9.17, 15) is 18.0 Å². The minimum Gasteiger partial charge on any atom is -0.315 e. The smallest absolute Gasteiger partial charge is 0.315 e. The Kier molecular flexibility index (Phi) is 3.92. The zero-order valence-corrected chi connectivity index (χ0v) is 16.5. The highest BCUT2D eigenvalue weighted by Crippen LogP contribution is 2.56. The lowest BCUT2D eigenvalue weighted by molar-refractivity contribution is 0.294. The number of hydrogen-bond donors (Lipinski definition) is 3. The molecule has 150 valence electrons. The Hall–Kier alpha value is -2.94. The average Bonchev–Trinajstić information content (AvgIpc) is 3.24. The first-order valence-electron chi connectivity index (χ1n) is 9.57. The quantitative estimate of drug-likeness (QED) is 0.567. The standard InChI is InChI=1S/C20H20N4O4S/c1-10-6-16-17(22-19(26)18(25)21-16)23-20(10)29(27,28)24-14-4-2-12(3-5-14)15-9-11-7-13(15)8-11/h2-6,11,13,15,24H,7-9H2,1H3,(H,21,25)(H,22,23,26). The van der Waals surface area contributed by atoms with Crippen molar-refractivity contribution in [3.05, 3.63) is 62.2 Å². The van der Waals surface area contributed by atoms with Gasteiger partial charge < -0.3 is 9.97 Å². The van der Waals surface area contributed by atoms with E-state index < -0.39 is 21.1 Å². The number of aromatic nitrogens is 3. The number of anilines is 1. The molecule has 8 nitrogen and oxygen atoms in total. The van der Waals surface area contributed by atoms with Crippen molar-refractivity contribution >= 4 is 26.9 Å². The molecule has 0 amide bonds. The topological polar surface area (TPSA) is 125 Å². The fraction of sp³-hybridized carbons (Fsp3) is 0.350. The third-order valence-corrected chi connectivity index (χ3v) is 7.55. The Morgan fingerprint density at radius 1 is 1.03 bits per heavy atom. The Balaban J connectivity index is 1.45. The van der Waals surface area contributed by atoms with Gasteiger partial charge in [-0.25, -0.2) is 4.98 Å². The van der Waals surface area contributed by atoms with Gasteiger partial charge in [0.1, 0.15) is 0 Å². The van der Waals surface area contributed by atoms with E-state index >= 15 is 0 Å². The molecule has 29 heavy (non-hydrogen) atoms. The van der Waals surface area contributed by atoms with Crippen molar-refractivity contribution < 1.29 is 8.42 Å². The molecule has 0 radical (unpaired) electrons. The molecule has 2 aromatic heterocycles. The summed E-state index contributed by atoms with van der Waals surface area (Å²) in [4.78, 5) is 31.7. The number of hydrogen-bond acceptors (Lipinski definition) is 5. The molecule has 2 bridgehead atoms. The maximum Gasteiger partial charge on any atom is 0.315 e. The van der Waals surface area contributed by atoms with Crippen molar-refractivity contribution in [2.75, 3.05) is 4.72 Å². The first-order valence-corrected chi connectivity index (χ1v) is 11.1. The number of H-pyrrole nitrogens is 2. The lowest BCUT2D eigenvalue weighted by atomic mass is 9.81. The van der Waals surface area contributed by atoms with Crippen LogP contribution in [0.25, 0.3) is 11.2 Å². The van der Waals surface area contributed by atoms with Gasteiger partial charge in [-0.3, -0.25) is 14.3 Å². The lowest BCUT2D eigenvalue weighted by Crippen LogP contribution is -2.29. The molecule has 0 spiro atoms. The Morgan fingerprint density at radius 3 is 2.38 bits per heavy atom. The summed E-state index contributed by atoms with van der Waals surface area (Å²) in [6.07, 6.45) is 3.87. The fourth-order valence-corrected chi connectivity index (χ4v) is 5.91. The van der Waals surface area contributed by atoms with Gasteiger partial charge in [0.25, 0.3) is 10.0 Å². The van der Waals surface area contributed by atoms with E-state index in [1.807, 2.05) is 12.1 Å². The molecule has 3 N–H and O–H groups in total. The zero-order chi connectivity index (χ0) is 20.3. The number of nitrogens with one attached hydrogen (secondary N) is 3. The second-order valence-corrected chi connectivity index (χ2v) is 9.68. The number of nitrogens with zero attached hydrogens (tertiary/aromatic N) is 1. The van der Waals surface area contributed by atoms with Crippen molar-refractivity contribution in [3.63, 3.8) is 0 Å². The number of rotatable bonds is 4. The van der Waals surface area contributed by atoms with Gasteiger partial charge in [0.2, 0.25) is 0 Å². The maximum absolute atomic E-state index is 12.9. The molecule has 0 saturated heterocycles. The predicted octanol–water partition coefficient (Wildman–Crippen LogP) is 2.23. The van der Waals surface area contributed by atoms with Gasteiger partial charge >= 0.3 is 11.1 Å². The Morgan fingerprint density at radius 2 is 1.72 bits per heavy atom. The van der Waals surface area contributed by atoms with Crippen LogP contribution in [0.4, 0.5) is 5.69 Å². The zero-order valence-electron chi connectivity index (χ0n) is 15.7. The molecule has 1 aromatic carbocycles. The Labute approximate surface area is 166 Å². The van der Waals surface area contributed by atoms with Crippen LogP contribution in [-0.4, -0.2) is 23.4 Å². The summed E-state index contributed by atoms with van der Waals surface area (Å²) in [7, 11) is -3.97. The van der Waals surface area contributed by atoms with Crippen LogP contribution in [-0.2, 0) is 10.0 Å². The van der Waals surface area contributed by atoms with E-state index in [0.29, 0.717) is 17.2 Å². The van der Waals surface area contributed by atoms with Gasteiger partial charge in [-0.15, -0.1) is 0 Å². The molecule has 3 fully saturated rings. The van der Waals surface area contributed by atoms with Crippen molar-refractivity contribution in [2.24, 2.45) is 11.8 Å². The normalized spacial score (nSPS) is 23.1. The van der Waals surface area contributed by atoms with E-state index in [0.717, 1.165) is 11.8 Å². The molecule has 1 unspecified atom stereocenters. The first kappa shape index (κ1) is 18.1. The summed E-state index contributed by atoms with van der Waals surface area (Å²) < 4.78 is 28.3. The van der Waals surface area contributed by atoms with E-state index in [1.165, 1.54) is 30.9 Å². The van der Waals surface area contributed by atoms with Crippen LogP contribution in [0.2, 0.25) is 0 Å². The van der Waals surface area contributed by atoms with Crippen molar-refractivity contribution in [1.82, 2.24) is 15.0 Å². The monoisotopic (exact) mass is 412 g/mol. The van der Waals surface area contributed by atoms with Crippen LogP contribution in [0.3, 0.4) is 0 Å². The third-order valence-electron chi connectivity index (χ3n) is 6.13. The molecule has 9 heteroatoms. The summed E-state index contributed by atoms with van der Waals surface area (Å²) in [6, 6.07) is 9.01. The molecule has 3 aliphatic rings. The lowest BCUT2D eigenvalue weighted by Gasteiger charge is -2.24. The number of pyridine rings is 1. The SMILES string of the molecule is Cc1cc2[nH]c(=O)c(=O)[nH]c2nc1S(=O)(=O)Nc1ccc(C2CC3CC2C3)cc1. The molecular weight excluding hydrogens is 392 g/mol. The highest BCUT2D eigenvalue weighted by Gasteiger charge is 2.44. The maximum atomic E-state index is 12.9. The van der Waals surface area contributed by atoms with E-state index in [2.05, 4.69) is 19.7 Å². The number of aryl methyl sites for hydroxylation is 1. The molecular formula is C20H20N4O4S. The van der Waals surface area contributed by atoms with Crippen molar-refractivity contribution in [1.29, 1.82) is 0 Å². The van der Waals surface area contributed by atoms with Gasteiger partial charge in [-0.05, 0) is 73.3 Å². The van der Waals surface area contributed by atoms with Crippen LogP contribution >= 0.6 is 0 Å². The van der Waals surface area contributed by atoms with Gasteiger partial charge in [-0.2, -0.15) is 8.42 Å². The molecule has 0 aliphatic heterocycles. The number of aromatic amines is 2. The highest BCUT2D eigenvalue weighted by molar-refractivity contribution is 7.92. The molecule has 3 aliphatic carbocycles. The number of fused-ring (bicyclic) bond motifs is 2. The van der Waals surface area contributed by atoms with Gasteiger partial charge in [-0.1, -0.05) is 12.1 Å². The van der Waals surface area contributed by atoms with E-state index in [4.69, 9.17) is 0 Å². The van der Waals surface area contributed by atoms with Crippen LogP contribution < -0.4 is 15.8 Å². The second-order valence-electron chi connectivity index (χ2n) is 8.08. The molecule has 2 heterocycles. The predicted molar refractivity (Wildman–Crippen MR) is 109 cm³/mol. The number of benzene rings is 1. The largest absolute Gasteiger partial charge is 0.315 e. The summed E-state index contributed by atoms with van der Waals surface area (Å²) in [6.45, 7) is 1.58. The number of sulfonamides is 1. The van der Waals surface area contributed by atoms with Gasteiger partial charge in [0.05, 0.1) is 5.52 Å². The Bertz CT molecular complexity index is 1340.